The van der Waals surface area contributed by atoms with Crippen molar-refractivity contribution in [2.75, 3.05) is 31.6 Å². The summed E-state index contributed by atoms with van der Waals surface area (Å²) < 4.78 is 22.8. The molecule has 0 amide bonds. The van der Waals surface area contributed by atoms with Crippen LogP contribution in [-0.2, 0) is 9.84 Å². The molecule has 0 aromatic heterocycles. The van der Waals surface area contributed by atoms with E-state index >= 15 is 0 Å². The molecule has 2 aliphatic rings. The molecule has 0 aromatic carbocycles. The summed E-state index contributed by atoms with van der Waals surface area (Å²) in [6.45, 7) is 5.39. The summed E-state index contributed by atoms with van der Waals surface area (Å²) in [7, 11) is -2.90. The van der Waals surface area contributed by atoms with Crippen molar-refractivity contribution < 1.29 is 8.42 Å². The molecular formula is C16H32N2O2S. The van der Waals surface area contributed by atoms with Gasteiger partial charge in [0.15, 0.2) is 0 Å². The van der Waals surface area contributed by atoms with Gasteiger partial charge in [-0.2, -0.15) is 0 Å². The van der Waals surface area contributed by atoms with Crippen molar-refractivity contribution in [1.29, 1.82) is 0 Å². The largest absolute Gasteiger partial charge is 0.311 e. The van der Waals surface area contributed by atoms with Crippen LogP contribution in [0.5, 0.6) is 0 Å². The van der Waals surface area contributed by atoms with Crippen LogP contribution in [0.25, 0.3) is 0 Å². The van der Waals surface area contributed by atoms with Crippen LogP contribution >= 0.6 is 0 Å². The second-order valence-corrected chi connectivity index (χ2v) is 9.39. The predicted molar refractivity (Wildman–Crippen MR) is 88.4 cm³/mol. The van der Waals surface area contributed by atoms with Gasteiger partial charge in [0, 0.05) is 24.4 Å². The number of likely N-dealkylation sites (tertiary alicyclic amines) is 1. The molecule has 4 nitrogen and oxygen atoms in total. The predicted octanol–water partition coefficient (Wildman–Crippen LogP) is 2.20. The van der Waals surface area contributed by atoms with E-state index in [0.29, 0.717) is 0 Å². The maximum absolute atomic E-state index is 11.4. The van der Waals surface area contributed by atoms with E-state index in [1.807, 2.05) is 6.92 Å². The van der Waals surface area contributed by atoms with Crippen LogP contribution in [-0.4, -0.2) is 56.5 Å². The first-order valence-corrected chi connectivity index (χ1v) is 10.6. The van der Waals surface area contributed by atoms with E-state index in [0.717, 1.165) is 6.54 Å². The molecule has 5 heteroatoms. The Bertz CT molecular complexity index is 410. The Morgan fingerprint density at radius 1 is 1.05 bits per heavy atom. The number of piperidine rings is 1. The molecular weight excluding hydrogens is 284 g/mol. The summed E-state index contributed by atoms with van der Waals surface area (Å²) in [5.41, 5.74) is 0.282. The highest BCUT2D eigenvalue weighted by Crippen LogP contribution is 2.35. The van der Waals surface area contributed by atoms with E-state index in [1.54, 1.807) is 0 Å². The van der Waals surface area contributed by atoms with E-state index in [-0.39, 0.29) is 17.3 Å². The van der Waals surface area contributed by atoms with Crippen molar-refractivity contribution in [3.63, 3.8) is 0 Å². The van der Waals surface area contributed by atoms with Crippen LogP contribution < -0.4 is 5.32 Å². The van der Waals surface area contributed by atoms with Crippen LogP contribution in [0.2, 0.25) is 0 Å². The van der Waals surface area contributed by atoms with Crippen LogP contribution in [0.1, 0.15) is 58.3 Å². The van der Waals surface area contributed by atoms with Gasteiger partial charge in [0.25, 0.3) is 0 Å². The lowest BCUT2D eigenvalue weighted by atomic mass is 9.79. The lowest BCUT2D eigenvalue weighted by Crippen LogP contribution is -2.58. The van der Waals surface area contributed by atoms with E-state index in [9.17, 15) is 8.42 Å². The van der Waals surface area contributed by atoms with Crippen LogP contribution in [0.3, 0.4) is 0 Å². The van der Waals surface area contributed by atoms with Gasteiger partial charge in [-0.15, -0.1) is 0 Å². The number of hydrogen-bond donors (Lipinski definition) is 1. The molecule has 0 bridgehead atoms. The summed E-state index contributed by atoms with van der Waals surface area (Å²) in [6, 6.07) is 0.0450. The summed E-state index contributed by atoms with van der Waals surface area (Å²) in [5, 5.41) is 3.53. The summed E-state index contributed by atoms with van der Waals surface area (Å²) in [4.78, 5) is 2.70. The Morgan fingerprint density at radius 2 is 1.62 bits per heavy atom. The molecule has 0 spiro atoms. The Labute approximate surface area is 130 Å². The van der Waals surface area contributed by atoms with Gasteiger partial charge in [0.1, 0.15) is 9.84 Å². The zero-order chi connectivity index (χ0) is 15.3. The van der Waals surface area contributed by atoms with E-state index in [1.165, 1.54) is 70.7 Å². The third-order valence-corrected chi connectivity index (χ3v) is 6.25. The fourth-order valence-corrected chi connectivity index (χ4v) is 5.09. The highest BCUT2D eigenvalue weighted by atomic mass is 32.2. The van der Waals surface area contributed by atoms with Gasteiger partial charge in [0.05, 0.1) is 5.75 Å². The molecule has 0 aromatic rings. The van der Waals surface area contributed by atoms with Crippen LogP contribution in [0.4, 0.5) is 0 Å². The standard InChI is InChI=1S/C16H32N2O2S/c1-15(13-21(2,19)20)17-14-16(9-5-3-6-10-16)18-11-7-4-8-12-18/h15,17H,3-14H2,1-2H3. The van der Waals surface area contributed by atoms with Gasteiger partial charge >= 0.3 is 0 Å². The lowest BCUT2D eigenvalue weighted by Gasteiger charge is -2.49. The van der Waals surface area contributed by atoms with Gasteiger partial charge in [-0.1, -0.05) is 25.7 Å². The highest BCUT2D eigenvalue weighted by Gasteiger charge is 2.38. The molecule has 1 unspecified atom stereocenters. The van der Waals surface area contributed by atoms with E-state index in [2.05, 4.69) is 10.2 Å². The van der Waals surface area contributed by atoms with Crippen molar-refractivity contribution in [1.82, 2.24) is 10.2 Å². The molecule has 2 rings (SSSR count). The fourth-order valence-electron chi connectivity index (χ4n) is 4.06. The minimum Gasteiger partial charge on any atom is -0.311 e. The van der Waals surface area contributed by atoms with Crippen molar-refractivity contribution >= 4 is 9.84 Å². The van der Waals surface area contributed by atoms with Crippen molar-refractivity contribution in [3.05, 3.63) is 0 Å². The van der Waals surface area contributed by atoms with Gasteiger partial charge in [0.2, 0.25) is 0 Å². The fraction of sp³-hybridized carbons (Fsp3) is 1.00. The average Bonchev–Trinajstić information content (AvgIpc) is 2.45. The van der Waals surface area contributed by atoms with Gasteiger partial charge < -0.3 is 5.32 Å². The normalized spacial score (nSPS) is 25.6. The average molecular weight is 317 g/mol. The highest BCUT2D eigenvalue weighted by molar-refractivity contribution is 7.90. The molecule has 2 fully saturated rings. The minimum atomic E-state index is -2.90. The molecule has 1 heterocycles. The molecule has 0 radical (unpaired) electrons. The SMILES string of the molecule is CC(CS(C)(=O)=O)NCC1(N2CCCCC2)CCCCC1. The van der Waals surface area contributed by atoms with Crippen molar-refractivity contribution in [2.24, 2.45) is 0 Å². The summed E-state index contributed by atoms with van der Waals surface area (Å²) >= 11 is 0. The lowest BCUT2D eigenvalue weighted by molar-refractivity contribution is 0.0322. The Hall–Kier alpha value is -0.130. The number of hydrogen-bond acceptors (Lipinski definition) is 4. The Morgan fingerprint density at radius 3 is 2.19 bits per heavy atom. The van der Waals surface area contributed by atoms with Crippen LogP contribution in [0, 0.1) is 0 Å². The first kappa shape index (κ1) is 17.2. The third kappa shape index (κ3) is 5.22. The first-order valence-electron chi connectivity index (χ1n) is 8.57. The molecule has 21 heavy (non-hydrogen) atoms. The molecule has 1 atom stereocenters. The number of nitrogens with zero attached hydrogens (tertiary/aromatic N) is 1. The molecule has 124 valence electrons. The zero-order valence-corrected chi connectivity index (χ0v) is 14.6. The van der Waals surface area contributed by atoms with E-state index < -0.39 is 9.84 Å². The second kappa shape index (κ2) is 7.42. The maximum Gasteiger partial charge on any atom is 0.148 e. The Kier molecular flexibility index (Phi) is 6.09. The first-order chi connectivity index (χ1) is 9.91. The number of nitrogens with one attached hydrogen (secondary N) is 1. The molecule has 1 aliphatic heterocycles. The molecule has 1 saturated heterocycles. The Balaban J connectivity index is 1.96. The van der Waals surface area contributed by atoms with Crippen molar-refractivity contribution in [2.45, 2.75) is 69.9 Å². The molecule has 1 saturated carbocycles. The topological polar surface area (TPSA) is 49.4 Å². The maximum atomic E-state index is 11.4. The van der Waals surface area contributed by atoms with Crippen LogP contribution in [0.15, 0.2) is 0 Å². The zero-order valence-electron chi connectivity index (χ0n) is 13.7. The number of sulfone groups is 1. The monoisotopic (exact) mass is 316 g/mol. The number of rotatable bonds is 6. The van der Waals surface area contributed by atoms with Crippen molar-refractivity contribution in [3.8, 4) is 0 Å². The third-order valence-electron chi connectivity index (χ3n) is 5.14. The van der Waals surface area contributed by atoms with Gasteiger partial charge in [-0.3, -0.25) is 4.90 Å². The quantitative estimate of drug-likeness (QED) is 0.816. The van der Waals surface area contributed by atoms with Gasteiger partial charge in [-0.25, -0.2) is 8.42 Å². The molecule has 1 aliphatic carbocycles. The summed E-state index contributed by atoms with van der Waals surface area (Å²) in [5.74, 6) is 0.239. The smallest absolute Gasteiger partial charge is 0.148 e. The minimum absolute atomic E-state index is 0.0450. The summed E-state index contributed by atoms with van der Waals surface area (Å²) in [6.07, 6.45) is 11.9. The molecule has 1 N–H and O–H groups in total. The second-order valence-electron chi connectivity index (χ2n) is 7.21. The van der Waals surface area contributed by atoms with Gasteiger partial charge in [-0.05, 0) is 45.7 Å². The van der Waals surface area contributed by atoms with E-state index in [4.69, 9.17) is 0 Å².